The summed E-state index contributed by atoms with van der Waals surface area (Å²) in [5, 5.41) is 11.9. The number of aryl methyl sites for hydroxylation is 2. The van der Waals surface area contributed by atoms with Crippen LogP contribution in [-0.4, -0.2) is 249 Å². The minimum atomic E-state index is -0.883. The highest BCUT2D eigenvalue weighted by molar-refractivity contribution is 8.15. The fourth-order valence-electron chi connectivity index (χ4n) is 16.4. The fraction of sp³-hybridized carbons (Fsp3) is 0.515. The molecule has 9 amide bonds. The Morgan fingerprint density at radius 3 is 0.978 bits per heavy atom. The van der Waals surface area contributed by atoms with Crippen LogP contribution in [0.5, 0.6) is 17.2 Å². The Kier molecular flexibility index (Phi) is 39.5. The van der Waals surface area contributed by atoms with E-state index in [1.54, 1.807) is 175 Å². The number of thiazole rings is 3. The lowest BCUT2D eigenvalue weighted by atomic mass is 9.71. The Bertz CT molecular complexity index is 5870. The highest BCUT2D eigenvalue weighted by Gasteiger charge is 2.43. The molecule has 0 bridgehead atoms. The van der Waals surface area contributed by atoms with E-state index >= 15 is 0 Å². The van der Waals surface area contributed by atoms with E-state index in [4.69, 9.17) is 19.2 Å². The summed E-state index contributed by atoms with van der Waals surface area (Å²) in [6, 6.07) is 16.2. The van der Waals surface area contributed by atoms with Crippen molar-refractivity contribution in [1.82, 2.24) is 60.3 Å². The number of aliphatic imine (C=N–C) groups is 1. The molecule has 3 aromatic carbocycles. The minimum absolute atomic E-state index is 0.00382. The number of ether oxygens (including phenoxy) is 3. The van der Waals surface area contributed by atoms with Crippen molar-refractivity contribution in [3.8, 4) is 17.2 Å². The van der Waals surface area contributed by atoms with Crippen LogP contribution in [0.15, 0.2) is 126 Å². The third-order valence-electron chi connectivity index (χ3n) is 24.5. The average molecular weight is 1950 g/mol. The predicted molar refractivity (Wildman–Crippen MR) is 534 cm³/mol. The van der Waals surface area contributed by atoms with Crippen LogP contribution in [0, 0.1) is 30.1 Å². The molecular formula is C101H133N13O18S4. The molecule has 4 aliphatic rings. The monoisotopic (exact) mass is 1940 g/mol. The summed E-state index contributed by atoms with van der Waals surface area (Å²) < 4.78 is 19.9. The molecule has 1 unspecified atom stereocenters. The van der Waals surface area contributed by atoms with E-state index in [1.165, 1.54) is 53.6 Å². The van der Waals surface area contributed by atoms with E-state index in [0.717, 1.165) is 62.9 Å². The number of hydrogen-bond acceptors (Lipinski definition) is 26. The van der Waals surface area contributed by atoms with Crippen LogP contribution in [0.4, 0.5) is 14.4 Å². The van der Waals surface area contributed by atoms with Gasteiger partial charge in [-0.1, -0.05) is 48.0 Å². The van der Waals surface area contributed by atoms with Crippen LogP contribution in [-0.2, 0) is 57.5 Å². The Morgan fingerprint density at radius 1 is 0.375 bits per heavy atom. The third kappa shape index (κ3) is 29.0. The number of hydrogen-bond donors (Lipinski definition) is 3. The third-order valence-corrected chi connectivity index (χ3v) is 28.8. The van der Waals surface area contributed by atoms with Gasteiger partial charge in [-0.05, 0) is 166 Å². The minimum Gasteiger partial charge on any atom is -0.410 e. The van der Waals surface area contributed by atoms with E-state index in [1.807, 2.05) is 60.6 Å². The topological polar surface area (TPSA) is 390 Å². The van der Waals surface area contributed by atoms with Crippen LogP contribution in [0.3, 0.4) is 0 Å². The van der Waals surface area contributed by atoms with E-state index in [-0.39, 0.29) is 161 Å². The SMILES string of the molecule is CCNC(=O)CCCCCN(CCN(C)C(=O)CC(C)(C)C1=C(C)C(=O)C(C)=C(C)C1=O)C(=O)Oc1ccc2nc(C)sc2c1.CCNC(=O)CCCN(CCN(C)C(=O)CC(C)(C)C1=C(C)C(=O)C(C)=C(C)C1=O)C(=O)Oc1ccc2nc(C)sc2c1.CCNC(=O)CCCN(CCN(C)C(=O)CC(C)(C)C1=C(C)C(=O)C(C)=C(C)C1=O)C(=O)Oc1ccc2nc(C3=NC(C)CS3)sc2c1. The number of unbranched alkanes of at least 4 members (excludes halogenated alkanes) is 2. The van der Waals surface area contributed by atoms with Crippen LogP contribution in [0.2, 0.25) is 0 Å². The molecular weight excluding hydrogens is 1810 g/mol. The molecule has 31 nitrogen and oxygen atoms in total. The van der Waals surface area contributed by atoms with Gasteiger partial charge in [0.1, 0.15) is 27.3 Å². The van der Waals surface area contributed by atoms with Crippen molar-refractivity contribution in [2.75, 3.05) is 105 Å². The molecule has 35 heteroatoms. The number of rotatable bonds is 39. The second-order valence-electron chi connectivity index (χ2n) is 36.8. The Hall–Kier alpha value is -11.6. The quantitative estimate of drug-likeness (QED) is 0.0238. The molecule has 0 saturated heterocycles. The number of carbonyl (C=O) groups is 15. The zero-order valence-corrected chi connectivity index (χ0v) is 86.5. The molecule has 0 radical (unpaired) electrons. The summed E-state index contributed by atoms with van der Waals surface area (Å²) in [6.45, 7) is 40.9. The van der Waals surface area contributed by atoms with Gasteiger partial charge in [-0.25, -0.2) is 29.3 Å². The van der Waals surface area contributed by atoms with Crippen molar-refractivity contribution in [2.24, 2.45) is 21.2 Å². The molecule has 734 valence electrons. The summed E-state index contributed by atoms with van der Waals surface area (Å²) >= 11 is 6.21. The van der Waals surface area contributed by atoms with Crippen LogP contribution in [0.1, 0.15) is 217 Å². The number of nitrogens with one attached hydrogen (secondary N) is 3. The van der Waals surface area contributed by atoms with Gasteiger partial charge in [0, 0.05) is 245 Å². The largest absolute Gasteiger partial charge is 0.415 e. The number of nitrogens with zero attached hydrogens (tertiary/aromatic N) is 10. The standard InChI is InChI=1S/C35H45N5O6S2.C34H46N4O6S.C32H42N4O6S/c1-9-36-27(41)11-10-14-40(34(45)46-24-12-13-25-26(17-24)48-33(38-25)32-37-20(2)19-47-32)16-15-39(8)28(42)18-35(6,7)29-23(5)30(43)21(3)22(4)31(29)44;1-9-35-28(39)13-11-10-12-16-38(33(43)44-25-14-15-26-27(19-25)45-24(5)36-26)18-17-37(8)29(40)20-34(6,7)30-23(4)31(41)21(2)22(3)32(30)42;1-9-33-26(37)11-10-14-36(31(41)42-23-12-13-24-25(17-23)43-22(5)34-24)16-15-35(8)27(38)18-32(6,7)28-21(4)29(39)19(2)20(3)30(28)40/h12-13,17,20H,9-11,14-16,18-19H2,1-8H3,(H,36,41);14-15,19H,9-13,16-18,20H2,1-8H3,(H,35,39);12-13,17H,9-11,14-16,18H2,1-8H3,(H,33,37). The maximum Gasteiger partial charge on any atom is 0.415 e. The number of fused-ring (bicyclic) bond motifs is 3. The number of carbonyl (C=O) groups excluding carboxylic acids is 15. The normalized spacial score (nSPS) is 14.9. The van der Waals surface area contributed by atoms with Crippen molar-refractivity contribution >= 4 is 170 Å². The number of allylic oxidation sites excluding steroid dienone is 12. The van der Waals surface area contributed by atoms with Gasteiger partial charge < -0.3 is 59.6 Å². The number of amides is 9. The molecule has 4 heterocycles. The number of benzene rings is 3. The molecule has 6 aromatic rings. The van der Waals surface area contributed by atoms with Crippen molar-refractivity contribution in [2.45, 2.75) is 222 Å². The van der Waals surface area contributed by atoms with Crippen molar-refractivity contribution in [3.05, 3.63) is 136 Å². The zero-order valence-electron chi connectivity index (χ0n) is 83.2. The van der Waals surface area contributed by atoms with Gasteiger partial charge in [0.25, 0.3) is 0 Å². The van der Waals surface area contributed by atoms with Crippen LogP contribution < -0.4 is 30.2 Å². The first kappa shape index (κ1) is 110. The number of ketones is 6. The molecule has 0 saturated carbocycles. The van der Waals surface area contributed by atoms with Crippen molar-refractivity contribution < 1.29 is 86.1 Å². The molecule has 1 aliphatic heterocycles. The summed E-state index contributed by atoms with van der Waals surface area (Å²) in [7, 11) is 4.95. The van der Waals surface area contributed by atoms with E-state index in [9.17, 15) is 71.9 Å². The fourth-order valence-corrected chi connectivity index (χ4v) is 20.2. The smallest absolute Gasteiger partial charge is 0.410 e. The molecule has 3 N–H and O–H groups in total. The highest BCUT2D eigenvalue weighted by Crippen LogP contribution is 2.43. The molecule has 10 rings (SSSR count). The Morgan fingerprint density at radius 2 is 0.669 bits per heavy atom. The Balaban J connectivity index is 0.000000251. The van der Waals surface area contributed by atoms with Gasteiger partial charge in [0.2, 0.25) is 35.4 Å². The highest BCUT2D eigenvalue weighted by atomic mass is 32.2. The molecule has 0 fully saturated rings. The van der Waals surface area contributed by atoms with Crippen molar-refractivity contribution in [1.29, 1.82) is 0 Å². The average Bonchev–Trinajstić information content (AvgIpc) is 0.894. The molecule has 136 heavy (non-hydrogen) atoms. The zero-order chi connectivity index (χ0) is 101. The van der Waals surface area contributed by atoms with Crippen LogP contribution >= 0.6 is 45.8 Å². The Labute approximate surface area is 813 Å². The summed E-state index contributed by atoms with van der Waals surface area (Å²) in [5.74, 6) is 0.117. The molecule has 0 spiro atoms. The number of Topliss-reactive ketones (excluding diaryl/α,β-unsaturated/α-hetero) is 6. The molecule has 3 aliphatic carbocycles. The first-order valence-corrected chi connectivity index (χ1v) is 49.6. The van der Waals surface area contributed by atoms with Gasteiger partial charge >= 0.3 is 18.3 Å². The van der Waals surface area contributed by atoms with Gasteiger partial charge in [0.05, 0.1) is 46.7 Å². The first-order valence-electron chi connectivity index (χ1n) is 46.2. The maximum absolute atomic E-state index is 13.5. The number of aromatic nitrogens is 3. The lowest BCUT2D eigenvalue weighted by Crippen LogP contribution is -2.42. The maximum atomic E-state index is 13.5. The summed E-state index contributed by atoms with van der Waals surface area (Å²) in [5.41, 5.74) is 4.64. The lowest BCUT2D eigenvalue weighted by Gasteiger charge is -2.33. The predicted octanol–water partition coefficient (Wildman–Crippen LogP) is 16.4. The van der Waals surface area contributed by atoms with Gasteiger partial charge in [-0.2, -0.15) is 0 Å². The summed E-state index contributed by atoms with van der Waals surface area (Å²) in [6.07, 6.45) is 2.23. The molecule has 3 aromatic heterocycles. The van der Waals surface area contributed by atoms with Crippen molar-refractivity contribution in [3.63, 3.8) is 0 Å². The number of likely N-dealkylation sites (N-methyl/N-ethyl adjacent to an activating group) is 3. The first-order chi connectivity index (χ1) is 63.9. The number of thioether (sulfide) groups is 1. The van der Waals surface area contributed by atoms with Gasteiger partial charge in [0.15, 0.2) is 34.7 Å². The van der Waals surface area contributed by atoms with E-state index in [2.05, 4.69) is 37.8 Å². The second-order valence-corrected chi connectivity index (χ2v) is 41.3. The summed E-state index contributed by atoms with van der Waals surface area (Å²) in [4.78, 5) is 221. The van der Waals surface area contributed by atoms with Gasteiger partial charge in [-0.3, -0.25) is 62.5 Å². The van der Waals surface area contributed by atoms with Gasteiger partial charge in [-0.15, -0.1) is 45.8 Å². The molecule has 1 atom stereocenters. The lowest BCUT2D eigenvalue weighted by molar-refractivity contribution is -0.132. The second kappa shape index (κ2) is 48.9. The van der Waals surface area contributed by atoms with Crippen LogP contribution in [0.25, 0.3) is 30.6 Å². The van der Waals surface area contributed by atoms with E-state index in [0.29, 0.717) is 142 Å². The van der Waals surface area contributed by atoms with E-state index < -0.39 is 34.5 Å².